The third-order valence-corrected chi connectivity index (χ3v) is 8.74. The van der Waals surface area contributed by atoms with Crippen LogP contribution in [0.5, 0.6) is 51.7 Å². The standard InChI is InChI=1S/C40H22F8O8S.K/c1-4-20-15-19(2)16-26(17-20)54-25-13-14-27(28(18-25)57(49,50)51)56-40-37(47)33(43)30(34(44)38(40)48)29-31(41)35(45)39(36(46)32(29)42)55-24-11-9-23(10-12-24)53-22-7-5-21(52-3)6-8-22;/h1,5-18H,2-3H3,(H,49,50,51);/q;+1/p-1. The van der Waals surface area contributed by atoms with Gasteiger partial charge >= 0.3 is 51.4 Å². The number of terminal acetylenes is 1. The van der Waals surface area contributed by atoms with Gasteiger partial charge in [-0.1, -0.05) is 5.92 Å². The Balaban J connectivity index is 0.00000641. The van der Waals surface area contributed by atoms with Crippen LogP contribution in [0.1, 0.15) is 11.1 Å². The third-order valence-electron chi connectivity index (χ3n) is 7.88. The first-order valence-corrected chi connectivity index (χ1v) is 17.3. The van der Waals surface area contributed by atoms with Crippen molar-refractivity contribution in [1.29, 1.82) is 0 Å². The first-order chi connectivity index (χ1) is 27.0. The van der Waals surface area contributed by atoms with Crippen molar-refractivity contribution >= 4 is 10.1 Å². The van der Waals surface area contributed by atoms with Crippen LogP contribution in [0.15, 0.2) is 89.8 Å². The van der Waals surface area contributed by atoms with Crippen molar-refractivity contribution in [3.8, 4) is 75.2 Å². The summed E-state index contributed by atoms with van der Waals surface area (Å²) in [5, 5.41) is 0. The molecule has 0 heterocycles. The van der Waals surface area contributed by atoms with Crippen molar-refractivity contribution in [2.45, 2.75) is 11.8 Å². The number of hydrogen-bond acceptors (Lipinski definition) is 8. The van der Waals surface area contributed by atoms with Gasteiger partial charge in [-0.15, -0.1) is 6.42 Å². The molecule has 0 N–H and O–H groups in total. The molecule has 292 valence electrons. The Morgan fingerprint density at radius 2 is 0.948 bits per heavy atom. The van der Waals surface area contributed by atoms with Crippen LogP contribution in [0, 0.1) is 65.8 Å². The minimum Gasteiger partial charge on any atom is -0.744 e. The van der Waals surface area contributed by atoms with Crippen molar-refractivity contribution < 1.29 is 123 Å². The smallest absolute Gasteiger partial charge is 0.744 e. The van der Waals surface area contributed by atoms with Gasteiger partial charge in [-0.05, 0) is 91.3 Å². The summed E-state index contributed by atoms with van der Waals surface area (Å²) in [6.45, 7) is 1.66. The second kappa shape index (κ2) is 17.8. The zero-order chi connectivity index (χ0) is 41.3. The normalized spacial score (nSPS) is 11.0. The second-order valence-corrected chi connectivity index (χ2v) is 13.1. The minimum absolute atomic E-state index is 0. The summed E-state index contributed by atoms with van der Waals surface area (Å²) in [6.07, 6.45) is 5.39. The van der Waals surface area contributed by atoms with Crippen molar-refractivity contribution in [2.24, 2.45) is 0 Å². The quantitative estimate of drug-likeness (QED) is 0.0428. The number of halogens is 8. The molecule has 0 aliphatic rings. The van der Waals surface area contributed by atoms with Gasteiger partial charge in [0.05, 0.1) is 18.2 Å². The predicted molar refractivity (Wildman–Crippen MR) is 185 cm³/mol. The third kappa shape index (κ3) is 9.10. The molecule has 0 saturated carbocycles. The number of methoxy groups -OCH3 is 1. The van der Waals surface area contributed by atoms with E-state index in [4.69, 9.17) is 30.1 Å². The van der Waals surface area contributed by atoms with Crippen LogP contribution in [0.2, 0.25) is 0 Å². The Kier molecular flexibility index (Phi) is 13.5. The summed E-state index contributed by atoms with van der Waals surface area (Å²) in [7, 11) is -4.11. The first-order valence-electron chi connectivity index (χ1n) is 15.9. The van der Waals surface area contributed by atoms with E-state index < -0.39 is 95.7 Å². The molecule has 0 amide bonds. The summed E-state index contributed by atoms with van der Waals surface area (Å²) in [4.78, 5) is -1.33. The molecule has 6 aromatic carbocycles. The average Bonchev–Trinajstić information content (AvgIpc) is 3.18. The van der Waals surface area contributed by atoms with E-state index >= 15 is 35.1 Å². The number of benzene rings is 6. The molecule has 6 rings (SSSR count). The number of rotatable bonds is 11. The van der Waals surface area contributed by atoms with E-state index in [9.17, 15) is 13.0 Å². The van der Waals surface area contributed by atoms with Crippen LogP contribution in [0.25, 0.3) is 11.1 Å². The average molecular weight is 853 g/mol. The fourth-order valence-electron chi connectivity index (χ4n) is 5.28. The molecule has 18 heteroatoms. The predicted octanol–water partition coefficient (Wildman–Crippen LogP) is 7.84. The zero-order valence-electron chi connectivity index (χ0n) is 29.9. The SMILES string of the molecule is C#Cc1cc(C)cc(Oc2ccc(Oc3c(F)c(F)c(-c4c(F)c(F)c(Oc5ccc(Oc6ccc(OC)cc6)cc5)c(F)c4F)c(F)c3F)c(S(=O)(=O)[O-])c2)c1.[K+]. The van der Waals surface area contributed by atoms with Gasteiger partial charge in [0.1, 0.15) is 55.3 Å². The fraction of sp³-hybridized carbons (Fsp3) is 0.0500. The molecule has 58 heavy (non-hydrogen) atoms. The first kappa shape index (κ1) is 44.0. The van der Waals surface area contributed by atoms with Gasteiger partial charge in [0.25, 0.3) is 0 Å². The molecule has 0 spiro atoms. The Bertz CT molecular complexity index is 2650. The summed E-state index contributed by atoms with van der Waals surface area (Å²) in [5.41, 5.74) is -3.47. The van der Waals surface area contributed by atoms with Gasteiger partial charge < -0.3 is 28.2 Å². The van der Waals surface area contributed by atoms with E-state index in [-0.39, 0.29) is 68.6 Å². The topological polar surface area (TPSA) is 103 Å². The van der Waals surface area contributed by atoms with E-state index in [1.165, 1.54) is 31.4 Å². The van der Waals surface area contributed by atoms with Gasteiger partial charge in [0, 0.05) is 11.6 Å². The Hall–Kier alpha value is -5.13. The molecule has 0 saturated heterocycles. The molecule has 6 aromatic rings. The molecule has 0 aromatic heterocycles. The fourth-order valence-corrected chi connectivity index (χ4v) is 5.90. The van der Waals surface area contributed by atoms with E-state index in [0.29, 0.717) is 34.8 Å². The summed E-state index contributed by atoms with van der Waals surface area (Å²) < 4.78 is 185. The van der Waals surface area contributed by atoms with E-state index in [2.05, 4.69) is 5.92 Å². The molecule has 0 fully saturated rings. The van der Waals surface area contributed by atoms with E-state index in [0.717, 1.165) is 18.2 Å². The number of aryl methyl sites for hydroxylation is 1. The molecule has 0 radical (unpaired) electrons. The molecule has 0 unspecified atom stereocenters. The van der Waals surface area contributed by atoms with Crippen LogP contribution in [-0.2, 0) is 10.1 Å². The Morgan fingerprint density at radius 3 is 1.40 bits per heavy atom. The van der Waals surface area contributed by atoms with E-state index in [1.807, 2.05) is 0 Å². The van der Waals surface area contributed by atoms with Crippen molar-refractivity contribution in [3.63, 3.8) is 0 Å². The molecular formula is C40H21F8KO8S. The number of hydrogen-bond donors (Lipinski definition) is 0. The second-order valence-electron chi connectivity index (χ2n) is 11.7. The summed E-state index contributed by atoms with van der Waals surface area (Å²) in [6, 6.07) is 17.7. The molecule has 8 nitrogen and oxygen atoms in total. The van der Waals surface area contributed by atoms with Gasteiger partial charge in [0.15, 0.2) is 23.3 Å². The largest absolute Gasteiger partial charge is 1.00 e. The van der Waals surface area contributed by atoms with Crippen LogP contribution < -0.4 is 75.1 Å². The number of ether oxygens (including phenoxy) is 5. The van der Waals surface area contributed by atoms with E-state index in [1.54, 1.807) is 37.3 Å². The zero-order valence-corrected chi connectivity index (χ0v) is 33.8. The monoisotopic (exact) mass is 852 g/mol. The van der Waals surface area contributed by atoms with Crippen molar-refractivity contribution in [1.82, 2.24) is 0 Å². The summed E-state index contributed by atoms with van der Waals surface area (Å²) >= 11 is 0. The maximum Gasteiger partial charge on any atom is 1.00 e. The molecular weight excluding hydrogens is 832 g/mol. The Labute approximate surface area is 367 Å². The molecule has 0 aliphatic carbocycles. The van der Waals surface area contributed by atoms with Gasteiger partial charge in [0.2, 0.25) is 34.8 Å². The molecule has 0 bridgehead atoms. The minimum atomic E-state index is -5.58. The molecule has 0 aliphatic heterocycles. The van der Waals surface area contributed by atoms with Crippen LogP contribution >= 0.6 is 0 Å². The van der Waals surface area contributed by atoms with Gasteiger partial charge in [-0.25, -0.2) is 26.0 Å². The van der Waals surface area contributed by atoms with Gasteiger partial charge in [-0.3, -0.25) is 0 Å². The van der Waals surface area contributed by atoms with Crippen molar-refractivity contribution in [3.05, 3.63) is 143 Å². The molecule has 0 atom stereocenters. The van der Waals surface area contributed by atoms with Gasteiger partial charge in [-0.2, -0.15) is 17.6 Å². The maximum absolute atomic E-state index is 15.4. The van der Waals surface area contributed by atoms with Crippen molar-refractivity contribution in [2.75, 3.05) is 7.11 Å². The van der Waals surface area contributed by atoms with Crippen LogP contribution in [-0.4, -0.2) is 20.1 Å². The maximum atomic E-state index is 15.4. The summed E-state index contributed by atoms with van der Waals surface area (Å²) in [5.74, 6) is -22.2. The van der Waals surface area contributed by atoms with Crippen LogP contribution in [0.3, 0.4) is 0 Å². The van der Waals surface area contributed by atoms with Crippen LogP contribution in [0.4, 0.5) is 35.1 Å². The Morgan fingerprint density at radius 1 is 0.534 bits per heavy atom.